The van der Waals surface area contributed by atoms with Crippen molar-refractivity contribution in [3.8, 4) is 11.4 Å². The third kappa shape index (κ3) is 12.8. The molecule has 5 amide bonds. The van der Waals surface area contributed by atoms with E-state index in [9.17, 15) is 32.8 Å². The molecule has 18 heteroatoms. The van der Waals surface area contributed by atoms with Gasteiger partial charge in [-0.25, -0.2) is 13.6 Å². The monoisotopic (exact) mass is 1220 g/mol. The van der Waals surface area contributed by atoms with Gasteiger partial charge >= 0.3 is 6.09 Å². The number of benzene rings is 2. The van der Waals surface area contributed by atoms with Crippen molar-refractivity contribution >= 4 is 51.5 Å². The predicted molar refractivity (Wildman–Crippen MR) is 342 cm³/mol. The van der Waals surface area contributed by atoms with Crippen LogP contribution in [-0.4, -0.2) is 153 Å². The Morgan fingerprint density at radius 1 is 0.562 bits per heavy atom. The van der Waals surface area contributed by atoms with Crippen LogP contribution in [0, 0.1) is 23.5 Å². The normalized spacial score (nSPS) is 22.4. The zero-order valence-electron chi connectivity index (χ0n) is 54.1. The number of fused-ring (bicyclic) bond motifs is 8. The van der Waals surface area contributed by atoms with Crippen molar-refractivity contribution in [2.45, 2.75) is 219 Å². The number of piperidine rings is 6. The van der Waals surface area contributed by atoms with Crippen molar-refractivity contribution in [3.63, 3.8) is 0 Å². The highest BCUT2D eigenvalue weighted by Gasteiger charge is 2.50. The molecule has 2 atom stereocenters. The summed E-state index contributed by atoms with van der Waals surface area (Å²) >= 11 is 0. The molecule has 14 rings (SSSR count). The van der Waals surface area contributed by atoms with Crippen molar-refractivity contribution in [2.24, 2.45) is 11.8 Å². The van der Waals surface area contributed by atoms with Crippen LogP contribution in [-0.2, 0) is 14.3 Å². The van der Waals surface area contributed by atoms with Gasteiger partial charge in [-0.2, -0.15) is 0 Å². The van der Waals surface area contributed by atoms with E-state index in [1.54, 1.807) is 45.4 Å². The first-order valence-corrected chi connectivity index (χ1v) is 33.0. The molecule has 6 aromatic rings. The molecule has 4 bridgehead atoms. The minimum absolute atomic E-state index is 0.0160. The van der Waals surface area contributed by atoms with Gasteiger partial charge in [-0.15, -0.1) is 0 Å². The number of aromatic nitrogens is 4. The van der Waals surface area contributed by atoms with E-state index in [0.717, 1.165) is 105 Å². The van der Waals surface area contributed by atoms with Crippen LogP contribution in [0.2, 0.25) is 0 Å². The van der Waals surface area contributed by atoms with E-state index < -0.39 is 23.3 Å². The zero-order valence-corrected chi connectivity index (χ0v) is 54.1. The second kappa shape index (κ2) is 25.9. The standard InChI is InChI=1S/C38H50FN5O4.C33H42FN5O2/c1-23(2)43(24(3)4)35(45)30-20-27(39)10-13-32(30)42-22-31(29-14-17-40-21-33(29)42)25-15-18-41(19-16-25)36(46)34-26-8-11-28(12-9-26)44(34)37(47)48-38(5,6)7;1-20(2)39(21(3)4)32(40)27-17-24(34)7-10-29(27)38-19-28(26-11-14-35-18-30(26)38)22-12-15-37(16-13-22)33(41)31-23-5-8-25(36-31)9-6-23/h10,13-14,17,20-26,28,34H,8-9,11-12,15-16,18-19H2,1-7H3;7,10-11,14,17-23,25,31,36H,5-6,8-9,12-13,15-16H2,1-4H3/t26?,28?,34-;23?,25?,31-/m00/s1. The number of carbonyl (C=O) groups is 5. The van der Waals surface area contributed by atoms with E-state index in [4.69, 9.17) is 4.74 Å². The fourth-order valence-electron chi connectivity index (χ4n) is 16.0. The fourth-order valence-corrected chi connectivity index (χ4v) is 16.0. The molecule has 2 aliphatic carbocycles. The fraction of sp³-hybridized carbons (Fsp3) is 0.563. The maximum Gasteiger partial charge on any atom is 0.411 e. The minimum atomic E-state index is -0.626. The molecule has 476 valence electrons. The quantitative estimate of drug-likeness (QED) is 0.126. The topological polar surface area (TPSA) is 158 Å². The minimum Gasteiger partial charge on any atom is -0.444 e. The number of carbonyl (C=O) groups excluding carboxylic acids is 5. The molecule has 0 spiro atoms. The van der Waals surface area contributed by atoms with Gasteiger partial charge in [0.2, 0.25) is 11.8 Å². The number of hydrogen-bond acceptors (Lipinski definition) is 9. The molecule has 10 heterocycles. The van der Waals surface area contributed by atoms with Gasteiger partial charge in [-0.3, -0.25) is 34.0 Å². The average Bonchev–Trinajstić information content (AvgIpc) is 1.78. The summed E-state index contributed by atoms with van der Waals surface area (Å²) in [5, 5.41) is 5.74. The highest BCUT2D eigenvalue weighted by atomic mass is 19.1. The summed E-state index contributed by atoms with van der Waals surface area (Å²) in [5.41, 5.74) is 5.34. The predicted octanol–water partition coefficient (Wildman–Crippen LogP) is 13.0. The van der Waals surface area contributed by atoms with Crippen LogP contribution < -0.4 is 5.32 Å². The van der Waals surface area contributed by atoms with Gasteiger partial charge in [0.1, 0.15) is 23.3 Å². The summed E-state index contributed by atoms with van der Waals surface area (Å²) < 4.78 is 39.0. The van der Waals surface area contributed by atoms with Crippen LogP contribution >= 0.6 is 0 Å². The van der Waals surface area contributed by atoms with Gasteiger partial charge in [0.25, 0.3) is 11.8 Å². The maximum absolute atomic E-state index is 14.7. The molecule has 1 N–H and O–H groups in total. The first-order chi connectivity index (χ1) is 42.5. The number of nitrogens with one attached hydrogen (secondary N) is 1. The van der Waals surface area contributed by atoms with Crippen molar-refractivity contribution in [2.75, 3.05) is 26.2 Å². The van der Waals surface area contributed by atoms with Crippen molar-refractivity contribution in [1.29, 1.82) is 0 Å². The van der Waals surface area contributed by atoms with E-state index in [1.165, 1.54) is 42.7 Å². The molecular weight excluding hydrogens is 1130 g/mol. The summed E-state index contributed by atoms with van der Waals surface area (Å²) in [6.45, 7) is 24.1. The van der Waals surface area contributed by atoms with Gasteiger partial charge in [0, 0.05) is 98.0 Å². The Hall–Kier alpha value is -7.21. The number of rotatable bonds is 12. The summed E-state index contributed by atoms with van der Waals surface area (Å²) in [4.78, 5) is 86.8. The van der Waals surface area contributed by atoms with E-state index in [-0.39, 0.29) is 83.7 Å². The van der Waals surface area contributed by atoms with Gasteiger partial charge in [0.15, 0.2) is 0 Å². The lowest BCUT2D eigenvalue weighted by Gasteiger charge is -2.51. The van der Waals surface area contributed by atoms with Gasteiger partial charge in [0.05, 0.1) is 52.0 Å². The first-order valence-electron chi connectivity index (χ1n) is 33.0. The number of ether oxygens (including phenoxy) is 1. The summed E-state index contributed by atoms with van der Waals surface area (Å²) in [5.74, 6) is 0.108. The van der Waals surface area contributed by atoms with Crippen LogP contribution in [0.5, 0.6) is 0 Å². The molecule has 8 fully saturated rings. The summed E-state index contributed by atoms with van der Waals surface area (Å²) in [7, 11) is 0. The molecule has 6 saturated heterocycles. The van der Waals surface area contributed by atoms with E-state index >= 15 is 0 Å². The lowest BCUT2D eigenvalue weighted by molar-refractivity contribution is -0.146. The van der Waals surface area contributed by atoms with Crippen LogP contribution in [0.25, 0.3) is 33.2 Å². The molecule has 6 aliphatic heterocycles. The highest BCUT2D eigenvalue weighted by Crippen LogP contribution is 2.44. The largest absolute Gasteiger partial charge is 0.444 e. The van der Waals surface area contributed by atoms with Crippen LogP contribution in [0.4, 0.5) is 13.6 Å². The maximum atomic E-state index is 14.7. The Kier molecular flexibility index (Phi) is 18.5. The van der Waals surface area contributed by atoms with Crippen LogP contribution in [0.3, 0.4) is 0 Å². The molecule has 4 aromatic heterocycles. The Balaban J connectivity index is 0.000000186. The van der Waals surface area contributed by atoms with Gasteiger partial charge in [-0.05, 0) is 237 Å². The number of likely N-dealkylation sites (tertiary alicyclic amines) is 2. The number of nitrogens with zero attached hydrogens (tertiary/aromatic N) is 9. The number of amides is 5. The molecular formula is C71H92F2N10O6. The molecule has 2 aromatic carbocycles. The molecule has 89 heavy (non-hydrogen) atoms. The molecule has 0 unspecified atom stereocenters. The van der Waals surface area contributed by atoms with Crippen LogP contribution in [0.1, 0.15) is 197 Å². The second-order valence-corrected chi connectivity index (χ2v) is 28.2. The SMILES string of the molecule is CC(C)N(C(=O)c1cc(F)ccc1-n1cc(C2CCN(C(=O)[C@@H]3C4CCC(CC4)N3C(=O)OC(C)(C)C)CC2)c2ccncc21)C(C)C.CC(C)N(C(=O)c1cc(F)ccc1-n1cc(C2CCN(C(=O)[C@H]3NC4CCC3CC4)CC2)c2ccncc21)C(C)C. The summed E-state index contributed by atoms with van der Waals surface area (Å²) in [6, 6.07) is 12.8. The van der Waals surface area contributed by atoms with E-state index in [0.29, 0.717) is 47.6 Å². The van der Waals surface area contributed by atoms with Crippen molar-refractivity contribution in [3.05, 3.63) is 120 Å². The first kappa shape index (κ1) is 63.4. The van der Waals surface area contributed by atoms with Crippen LogP contribution in [0.15, 0.2) is 85.7 Å². The number of halogens is 2. The Bertz CT molecular complexity index is 3560. The Morgan fingerprint density at radius 2 is 0.989 bits per heavy atom. The number of pyridine rings is 2. The average molecular weight is 1220 g/mol. The van der Waals surface area contributed by atoms with Crippen molar-refractivity contribution in [1.82, 2.24) is 48.9 Å². The second-order valence-electron chi connectivity index (χ2n) is 28.2. The molecule has 8 aliphatic rings. The molecule has 0 radical (unpaired) electrons. The zero-order chi connectivity index (χ0) is 63.3. The smallest absolute Gasteiger partial charge is 0.411 e. The van der Waals surface area contributed by atoms with E-state index in [2.05, 4.69) is 32.6 Å². The summed E-state index contributed by atoms with van der Waals surface area (Å²) in [6.07, 6.45) is 22.8. The Labute approximate surface area is 523 Å². The van der Waals surface area contributed by atoms with Gasteiger partial charge in [-0.1, -0.05) is 0 Å². The lowest BCUT2D eigenvalue weighted by atomic mass is 9.74. The third-order valence-electron chi connectivity index (χ3n) is 20.0. The third-order valence-corrected chi connectivity index (χ3v) is 20.0. The molecule has 16 nitrogen and oxygen atoms in total. The molecule has 2 saturated carbocycles. The van der Waals surface area contributed by atoms with E-state index in [1.807, 2.05) is 109 Å². The highest BCUT2D eigenvalue weighted by molar-refractivity contribution is 6.00. The Morgan fingerprint density at radius 3 is 1.39 bits per heavy atom. The van der Waals surface area contributed by atoms with Gasteiger partial charge < -0.3 is 38.8 Å². The lowest BCUT2D eigenvalue weighted by Crippen LogP contribution is -2.64. The van der Waals surface area contributed by atoms with Crippen molar-refractivity contribution < 1.29 is 37.5 Å². The number of hydrogen-bond donors (Lipinski definition) is 1.